The number of fused-ring (bicyclic) bond motifs is 1. The van der Waals surface area contributed by atoms with Gasteiger partial charge in [-0.1, -0.05) is 6.07 Å². The third-order valence-corrected chi connectivity index (χ3v) is 4.51. The molecule has 1 aromatic carbocycles. The number of benzene rings is 1. The average molecular weight is 353 g/mol. The van der Waals surface area contributed by atoms with Gasteiger partial charge >= 0.3 is 5.97 Å². The Hall–Kier alpha value is -3.47. The summed E-state index contributed by atoms with van der Waals surface area (Å²) in [6.07, 6.45) is 0. The Labute approximate surface area is 150 Å². The summed E-state index contributed by atoms with van der Waals surface area (Å²) in [6.45, 7) is 3.83. The van der Waals surface area contributed by atoms with Crippen molar-refractivity contribution in [3.63, 3.8) is 0 Å². The number of nitriles is 1. The quantitative estimate of drug-likeness (QED) is 0.723. The third kappa shape index (κ3) is 2.21. The van der Waals surface area contributed by atoms with Gasteiger partial charge in [-0.2, -0.15) is 10.4 Å². The number of hydrogen-bond acceptors (Lipinski definition) is 6. The molecule has 0 fully saturated rings. The number of carbonyl (C=O) groups is 1. The van der Waals surface area contributed by atoms with Crippen molar-refractivity contribution in [2.24, 2.45) is 7.05 Å². The van der Waals surface area contributed by atoms with Crippen LogP contribution in [0.2, 0.25) is 0 Å². The van der Waals surface area contributed by atoms with Crippen molar-refractivity contribution in [1.29, 1.82) is 5.26 Å². The van der Waals surface area contributed by atoms with Crippen molar-refractivity contribution in [2.45, 2.75) is 13.8 Å². The highest BCUT2D eigenvalue weighted by Gasteiger charge is 2.29. The summed E-state index contributed by atoms with van der Waals surface area (Å²) in [7, 11) is 4.51. The number of nitrogens with two attached hydrogens (primary N) is 1. The smallest absolute Gasteiger partial charge is 0.342 e. The molecule has 3 rings (SSSR count). The second kappa shape index (κ2) is 6.11. The topological polar surface area (TPSA) is 108 Å². The molecule has 0 saturated carbocycles. The van der Waals surface area contributed by atoms with E-state index in [4.69, 9.17) is 15.2 Å². The van der Waals surface area contributed by atoms with Gasteiger partial charge in [0.05, 0.1) is 25.3 Å². The van der Waals surface area contributed by atoms with Gasteiger partial charge in [-0.25, -0.2) is 4.79 Å². The fraction of sp³-hybridized carbons (Fsp3) is 0.278. The number of anilines is 1. The molecule has 2 N–H and O–H groups in total. The van der Waals surface area contributed by atoms with Crippen LogP contribution in [0.15, 0.2) is 12.1 Å². The van der Waals surface area contributed by atoms with Crippen molar-refractivity contribution in [1.82, 2.24) is 14.3 Å². The van der Waals surface area contributed by atoms with E-state index in [9.17, 15) is 10.1 Å². The van der Waals surface area contributed by atoms with Crippen molar-refractivity contribution in [3.05, 3.63) is 34.5 Å². The maximum Gasteiger partial charge on any atom is 0.342 e. The summed E-state index contributed by atoms with van der Waals surface area (Å²) < 4.78 is 13.4. The van der Waals surface area contributed by atoms with E-state index < -0.39 is 5.97 Å². The van der Waals surface area contributed by atoms with E-state index in [1.807, 2.05) is 26.0 Å². The molecule has 134 valence electrons. The zero-order chi connectivity index (χ0) is 19.2. The van der Waals surface area contributed by atoms with E-state index in [2.05, 4.69) is 11.2 Å². The van der Waals surface area contributed by atoms with Crippen molar-refractivity contribution in [3.8, 4) is 17.5 Å². The number of nitrogen functional groups attached to an aromatic ring is 1. The minimum absolute atomic E-state index is 0.133. The van der Waals surface area contributed by atoms with E-state index in [0.717, 1.165) is 16.8 Å². The number of carbonyl (C=O) groups excluding carboxylic acids is 1. The van der Waals surface area contributed by atoms with E-state index in [0.29, 0.717) is 16.8 Å². The molecule has 0 unspecified atom stereocenters. The van der Waals surface area contributed by atoms with Gasteiger partial charge in [0.15, 0.2) is 5.65 Å². The lowest BCUT2D eigenvalue weighted by atomic mass is 10.1. The summed E-state index contributed by atoms with van der Waals surface area (Å²) in [5.41, 5.74) is 9.65. The van der Waals surface area contributed by atoms with Crippen LogP contribution in [0.5, 0.6) is 5.75 Å². The largest absolute Gasteiger partial charge is 0.496 e. The number of methoxy groups -OCH3 is 2. The van der Waals surface area contributed by atoms with Gasteiger partial charge < -0.3 is 15.2 Å². The third-order valence-electron chi connectivity index (χ3n) is 4.51. The molecule has 0 aliphatic carbocycles. The monoisotopic (exact) mass is 353 g/mol. The summed E-state index contributed by atoms with van der Waals surface area (Å²) in [5, 5.41) is 14.3. The number of ether oxygens (including phenoxy) is 2. The van der Waals surface area contributed by atoms with E-state index in [1.165, 1.54) is 11.8 Å². The van der Waals surface area contributed by atoms with Gasteiger partial charge in [0.1, 0.15) is 28.9 Å². The Balaban J connectivity index is 2.53. The highest BCUT2D eigenvalue weighted by Crippen LogP contribution is 2.37. The zero-order valence-electron chi connectivity index (χ0n) is 15.2. The lowest BCUT2D eigenvalue weighted by Crippen LogP contribution is -2.10. The van der Waals surface area contributed by atoms with Crippen LogP contribution in [-0.2, 0) is 11.8 Å². The van der Waals surface area contributed by atoms with Crippen LogP contribution in [0.4, 0.5) is 5.82 Å². The number of aromatic nitrogens is 3. The number of nitrogens with zero attached hydrogens (tertiary/aromatic N) is 4. The first kappa shape index (κ1) is 17.4. The number of esters is 1. The highest BCUT2D eigenvalue weighted by molar-refractivity contribution is 6.11. The van der Waals surface area contributed by atoms with E-state index in [1.54, 1.807) is 18.7 Å². The SMILES string of the molecule is COC(=O)c1c(N)n(-c2c(C)ccc(OC)c2C)c2nn(C)c(C#N)c12. The number of aryl methyl sites for hydroxylation is 2. The molecule has 26 heavy (non-hydrogen) atoms. The van der Waals surface area contributed by atoms with Crippen LogP contribution in [0.25, 0.3) is 16.7 Å². The Morgan fingerprint density at radius 1 is 1.31 bits per heavy atom. The van der Waals surface area contributed by atoms with Crippen molar-refractivity contribution < 1.29 is 14.3 Å². The van der Waals surface area contributed by atoms with Crippen LogP contribution in [0, 0.1) is 25.2 Å². The normalized spacial score (nSPS) is 10.8. The van der Waals surface area contributed by atoms with Gasteiger partial charge in [-0.3, -0.25) is 9.25 Å². The Kier molecular flexibility index (Phi) is 4.08. The second-order valence-electron chi connectivity index (χ2n) is 5.93. The Bertz CT molecular complexity index is 1090. The Morgan fingerprint density at radius 3 is 2.58 bits per heavy atom. The minimum atomic E-state index is -0.617. The first-order chi connectivity index (χ1) is 12.4. The number of rotatable bonds is 3. The zero-order valence-corrected chi connectivity index (χ0v) is 15.2. The maximum atomic E-state index is 12.4. The summed E-state index contributed by atoms with van der Waals surface area (Å²) >= 11 is 0. The molecule has 0 radical (unpaired) electrons. The van der Waals surface area contributed by atoms with Gasteiger partial charge in [0, 0.05) is 12.6 Å². The van der Waals surface area contributed by atoms with E-state index in [-0.39, 0.29) is 17.1 Å². The fourth-order valence-electron chi connectivity index (χ4n) is 3.30. The van der Waals surface area contributed by atoms with Gasteiger partial charge in [-0.15, -0.1) is 0 Å². The molecular formula is C18H19N5O3. The lowest BCUT2D eigenvalue weighted by molar-refractivity contribution is 0.0604. The van der Waals surface area contributed by atoms with Crippen LogP contribution in [0.3, 0.4) is 0 Å². The molecule has 0 aliphatic heterocycles. The van der Waals surface area contributed by atoms with Crippen LogP contribution in [-0.4, -0.2) is 34.5 Å². The summed E-state index contributed by atoms with van der Waals surface area (Å²) in [6, 6.07) is 5.85. The second-order valence-corrected chi connectivity index (χ2v) is 5.93. The molecule has 0 amide bonds. The predicted molar refractivity (Wildman–Crippen MR) is 96.5 cm³/mol. The lowest BCUT2D eigenvalue weighted by Gasteiger charge is -2.16. The van der Waals surface area contributed by atoms with Crippen molar-refractivity contribution >= 4 is 22.8 Å². The fourth-order valence-corrected chi connectivity index (χ4v) is 3.30. The van der Waals surface area contributed by atoms with Crippen LogP contribution < -0.4 is 10.5 Å². The molecule has 0 saturated heterocycles. The molecule has 2 aromatic heterocycles. The first-order valence-electron chi connectivity index (χ1n) is 7.87. The molecule has 0 bridgehead atoms. The summed E-state index contributed by atoms with van der Waals surface area (Å²) in [5.74, 6) is 0.239. The molecule has 3 aromatic rings. The molecular weight excluding hydrogens is 334 g/mol. The van der Waals surface area contributed by atoms with Gasteiger partial charge in [0.2, 0.25) is 0 Å². The predicted octanol–water partition coefficient (Wildman–Crippen LogP) is 2.23. The van der Waals surface area contributed by atoms with Crippen LogP contribution >= 0.6 is 0 Å². The summed E-state index contributed by atoms with van der Waals surface area (Å²) in [4.78, 5) is 12.4. The molecule has 8 nitrogen and oxygen atoms in total. The maximum absolute atomic E-state index is 12.4. The average Bonchev–Trinajstić information content (AvgIpc) is 3.07. The van der Waals surface area contributed by atoms with Crippen LogP contribution in [0.1, 0.15) is 27.2 Å². The van der Waals surface area contributed by atoms with Gasteiger partial charge in [0.25, 0.3) is 0 Å². The highest BCUT2D eigenvalue weighted by atomic mass is 16.5. The number of hydrogen-bond donors (Lipinski definition) is 1. The molecule has 2 heterocycles. The van der Waals surface area contributed by atoms with E-state index >= 15 is 0 Å². The molecule has 0 atom stereocenters. The standard InChI is InChI=1S/C18H19N5O3/c1-9-6-7-12(25-4)10(2)15(9)23-16(20)14(18(24)26-5)13-11(8-19)22(3)21-17(13)23/h6-7H,20H2,1-5H3. The molecule has 8 heteroatoms. The minimum Gasteiger partial charge on any atom is -0.496 e. The first-order valence-corrected chi connectivity index (χ1v) is 7.87. The van der Waals surface area contributed by atoms with Gasteiger partial charge in [-0.05, 0) is 25.5 Å². The Morgan fingerprint density at radius 2 is 2.00 bits per heavy atom. The van der Waals surface area contributed by atoms with Crippen molar-refractivity contribution in [2.75, 3.05) is 20.0 Å². The molecule has 0 aliphatic rings. The molecule has 0 spiro atoms.